The molecule has 0 spiro atoms. The van der Waals surface area contributed by atoms with Gasteiger partial charge in [-0.1, -0.05) is 24.3 Å². The summed E-state index contributed by atoms with van der Waals surface area (Å²) in [5.41, 5.74) is 2.17. The van der Waals surface area contributed by atoms with Gasteiger partial charge in [-0.25, -0.2) is 4.39 Å². The Bertz CT molecular complexity index is 837. The molecule has 20 heavy (non-hydrogen) atoms. The van der Waals surface area contributed by atoms with Gasteiger partial charge in [-0.15, -0.1) is 0 Å². The zero-order valence-corrected chi connectivity index (χ0v) is 11.2. The van der Waals surface area contributed by atoms with Gasteiger partial charge in [0.1, 0.15) is 11.9 Å². The van der Waals surface area contributed by atoms with Crippen molar-refractivity contribution in [3.05, 3.63) is 53.5 Å². The van der Waals surface area contributed by atoms with Gasteiger partial charge in [-0.3, -0.25) is 4.68 Å². The van der Waals surface area contributed by atoms with Crippen molar-refractivity contribution < 1.29 is 4.39 Å². The third kappa shape index (κ3) is 1.68. The summed E-state index contributed by atoms with van der Waals surface area (Å²) >= 11 is 0. The Morgan fingerprint density at radius 1 is 1.30 bits per heavy atom. The number of benzene rings is 2. The highest BCUT2D eigenvalue weighted by Gasteiger charge is 2.19. The first-order valence-corrected chi connectivity index (χ1v) is 6.23. The van der Waals surface area contributed by atoms with Crippen molar-refractivity contribution in [1.82, 2.24) is 9.78 Å². The highest BCUT2D eigenvalue weighted by Crippen LogP contribution is 2.33. The molecule has 0 aliphatic carbocycles. The van der Waals surface area contributed by atoms with E-state index in [0.29, 0.717) is 16.8 Å². The van der Waals surface area contributed by atoms with E-state index in [2.05, 4.69) is 11.2 Å². The molecule has 1 aromatic heterocycles. The van der Waals surface area contributed by atoms with E-state index in [4.69, 9.17) is 0 Å². The summed E-state index contributed by atoms with van der Waals surface area (Å²) in [7, 11) is 1.75. The van der Waals surface area contributed by atoms with Crippen LogP contribution in [-0.4, -0.2) is 9.78 Å². The summed E-state index contributed by atoms with van der Waals surface area (Å²) in [5, 5.41) is 15.1. The van der Waals surface area contributed by atoms with Gasteiger partial charge in [0, 0.05) is 12.4 Å². The SMILES string of the molecule is Cc1cnn(C)c1-c1c(F)cc2ccccc2c1C#N. The lowest BCUT2D eigenvalue weighted by Crippen LogP contribution is -2.00. The summed E-state index contributed by atoms with van der Waals surface area (Å²) in [4.78, 5) is 0. The number of nitrogens with zero attached hydrogens (tertiary/aromatic N) is 3. The van der Waals surface area contributed by atoms with Crippen molar-refractivity contribution in [2.45, 2.75) is 6.92 Å². The Labute approximate surface area is 115 Å². The Kier molecular flexibility index (Phi) is 2.76. The fraction of sp³-hybridized carbons (Fsp3) is 0.125. The van der Waals surface area contributed by atoms with Gasteiger partial charge in [-0.2, -0.15) is 10.4 Å². The second-order valence-corrected chi connectivity index (χ2v) is 4.74. The molecule has 3 rings (SSSR count). The summed E-state index contributed by atoms with van der Waals surface area (Å²) < 4.78 is 16.1. The van der Waals surface area contributed by atoms with Crippen LogP contribution in [0.4, 0.5) is 4.39 Å². The average Bonchev–Trinajstić information content (AvgIpc) is 2.77. The van der Waals surface area contributed by atoms with E-state index in [9.17, 15) is 9.65 Å². The summed E-state index contributed by atoms with van der Waals surface area (Å²) in [6.07, 6.45) is 1.67. The summed E-state index contributed by atoms with van der Waals surface area (Å²) in [6, 6.07) is 10.9. The second-order valence-electron chi connectivity index (χ2n) is 4.74. The average molecular weight is 265 g/mol. The van der Waals surface area contributed by atoms with Crippen LogP contribution in [0.2, 0.25) is 0 Å². The number of fused-ring (bicyclic) bond motifs is 1. The van der Waals surface area contributed by atoms with Gasteiger partial charge in [0.2, 0.25) is 0 Å². The predicted molar refractivity (Wildman–Crippen MR) is 75.6 cm³/mol. The van der Waals surface area contributed by atoms with Crippen LogP contribution in [0.25, 0.3) is 22.0 Å². The van der Waals surface area contributed by atoms with Crippen molar-refractivity contribution in [1.29, 1.82) is 5.26 Å². The molecule has 4 heteroatoms. The smallest absolute Gasteiger partial charge is 0.134 e. The third-order valence-corrected chi connectivity index (χ3v) is 3.47. The van der Waals surface area contributed by atoms with E-state index in [1.165, 1.54) is 6.07 Å². The Hall–Kier alpha value is -2.67. The fourth-order valence-corrected chi connectivity index (χ4v) is 2.57. The first-order chi connectivity index (χ1) is 9.63. The molecule has 3 aromatic rings. The van der Waals surface area contributed by atoms with E-state index in [1.54, 1.807) is 24.0 Å². The van der Waals surface area contributed by atoms with E-state index in [-0.39, 0.29) is 0 Å². The molecule has 0 amide bonds. The molecule has 0 fully saturated rings. The zero-order valence-electron chi connectivity index (χ0n) is 11.2. The van der Waals surface area contributed by atoms with Crippen LogP contribution in [0.5, 0.6) is 0 Å². The number of aromatic nitrogens is 2. The fourth-order valence-electron chi connectivity index (χ4n) is 2.57. The van der Waals surface area contributed by atoms with Gasteiger partial charge < -0.3 is 0 Å². The number of hydrogen-bond acceptors (Lipinski definition) is 2. The number of nitriles is 1. The summed E-state index contributed by atoms with van der Waals surface area (Å²) in [5.74, 6) is -0.396. The van der Waals surface area contributed by atoms with E-state index < -0.39 is 5.82 Å². The van der Waals surface area contributed by atoms with E-state index >= 15 is 0 Å². The maximum Gasteiger partial charge on any atom is 0.134 e. The Morgan fingerprint density at radius 3 is 2.70 bits per heavy atom. The van der Waals surface area contributed by atoms with Gasteiger partial charge in [0.15, 0.2) is 0 Å². The Balaban J connectivity index is 2.48. The molecule has 0 saturated carbocycles. The minimum atomic E-state index is -0.396. The lowest BCUT2D eigenvalue weighted by molar-refractivity contribution is 0.629. The van der Waals surface area contributed by atoms with Crippen molar-refractivity contribution in [3.8, 4) is 17.3 Å². The lowest BCUT2D eigenvalue weighted by atomic mass is 9.96. The predicted octanol–water partition coefficient (Wildman–Crippen LogP) is 3.56. The normalized spacial score (nSPS) is 10.7. The van der Waals surface area contributed by atoms with Crippen LogP contribution in [0, 0.1) is 24.1 Å². The molecule has 98 valence electrons. The lowest BCUT2D eigenvalue weighted by Gasteiger charge is -2.11. The first-order valence-electron chi connectivity index (χ1n) is 6.23. The molecule has 0 saturated heterocycles. The highest BCUT2D eigenvalue weighted by atomic mass is 19.1. The molecule has 0 aliphatic rings. The molecular formula is C16H12FN3. The maximum absolute atomic E-state index is 14.5. The van der Waals surface area contributed by atoms with Crippen LogP contribution in [0.3, 0.4) is 0 Å². The third-order valence-electron chi connectivity index (χ3n) is 3.47. The monoisotopic (exact) mass is 265 g/mol. The minimum absolute atomic E-state index is 0.323. The van der Waals surface area contributed by atoms with Crippen LogP contribution in [0.15, 0.2) is 36.5 Å². The number of halogens is 1. The van der Waals surface area contributed by atoms with E-state index in [0.717, 1.165) is 16.3 Å². The molecule has 0 unspecified atom stereocenters. The molecule has 2 aromatic carbocycles. The minimum Gasteiger partial charge on any atom is -0.268 e. The maximum atomic E-state index is 14.5. The molecule has 1 heterocycles. The summed E-state index contributed by atoms with van der Waals surface area (Å²) in [6.45, 7) is 1.86. The van der Waals surface area contributed by atoms with Crippen LogP contribution < -0.4 is 0 Å². The van der Waals surface area contributed by atoms with Gasteiger partial charge in [0.05, 0.1) is 23.0 Å². The van der Waals surface area contributed by atoms with Crippen LogP contribution in [-0.2, 0) is 7.05 Å². The van der Waals surface area contributed by atoms with Crippen molar-refractivity contribution in [2.75, 3.05) is 0 Å². The molecule has 3 nitrogen and oxygen atoms in total. The Morgan fingerprint density at radius 2 is 2.05 bits per heavy atom. The zero-order chi connectivity index (χ0) is 14.3. The van der Waals surface area contributed by atoms with Gasteiger partial charge in [-0.05, 0) is 23.9 Å². The van der Waals surface area contributed by atoms with Crippen molar-refractivity contribution in [2.24, 2.45) is 7.05 Å². The van der Waals surface area contributed by atoms with Gasteiger partial charge >= 0.3 is 0 Å². The topological polar surface area (TPSA) is 41.6 Å². The number of hydrogen-bond donors (Lipinski definition) is 0. The van der Waals surface area contributed by atoms with E-state index in [1.807, 2.05) is 25.1 Å². The quantitative estimate of drug-likeness (QED) is 0.675. The van der Waals surface area contributed by atoms with Crippen molar-refractivity contribution in [3.63, 3.8) is 0 Å². The van der Waals surface area contributed by atoms with Crippen molar-refractivity contribution >= 4 is 10.8 Å². The van der Waals surface area contributed by atoms with Crippen LogP contribution in [0.1, 0.15) is 11.1 Å². The van der Waals surface area contributed by atoms with Gasteiger partial charge in [0.25, 0.3) is 0 Å². The standard InChI is InChI=1S/C16H12FN3/c1-10-9-19-20(2)16(10)15-13(8-18)12-6-4-3-5-11(12)7-14(15)17/h3-7,9H,1-2H3. The molecule has 0 atom stereocenters. The molecular weight excluding hydrogens is 253 g/mol. The first kappa shape index (κ1) is 12.4. The second kappa shape index (κ2) is 4.46. The largest absolute Gasteiger partial charge is 0.268 e. The van der Waals surface area contributed by atoms with Crippen LogP contribution >= 0.6 is 0 Å². The number of rotatable bonds is 1. The molecule has 0 N–H and O–H groups in total. The number of aryl methyl sites for hydroxylation is 2. The molecule has 0 radical (unpaired) electrons. The molecule has 0 bridgehead atoms. The highest BCUT2D eigenvalue weighted by molar-refractivity contribution is 5.94. The molecule has 0 aliphatic heterocycles.